The van der Waals surface area contributed by atoms with Crippen molar-refractivity contribution in [3.05, 3.63) is 35.9 Å². The molecule has 3 atom stereocenters. The van der Waals surface area contributed by atoms with Crippen LogP contribution in [0.1, 0.15) is 50.4 Å². The van der Waals surface area contributed by atoms with Crippen LogP contribution in [0.25, 0.3) is 0 Å². The van der Waals surface area contributed by atoms with Crippen molar-refractivity contribution in [3.8, 4) is 0 Å². The number of ether oxygens (including phenoxy) is 2. The second kappa shape index (κ2) is 9.00. The summed E-state index contributed by atoms with van der Waals surface area (Å²) in [6, 6.07) is 8.62. The van der Waals surface area contributed by atoms with Gasteiger partial charge in [-0.25, -0.2) is 9.59 Å². The zero-order chi connectivity index (χ0) is 19.2. The van der Waals surface area contributed by atoms with Crippen molar-refractivity contribution in [1.82, 2.24) is 10.8 Å². The highest BCUT2D eigenvalue weighted by Gasteiger charge is 2.33. The molecule has 26 heavy (non-hydrogen) atoms. The first-order valence-electron chi connectivity index (χ1n) is 8.82. The third-order valence-corrected chi connectivity index (χ3v) is 4.12. The summed E-state index contributed by atoms with van der Waals surface area (Å²) in [5, 5.41) is 2.87. The van der Waals surface area contributed by atoms with E-state index in [0.717, 1.165) is 6.42 Å². The van der Waals surface area contributed by atoms with Crippen molar-refractivity contribution in [2.75, 3.05) is 7.11 Å². The molecule has 0 radical (unpaired) electrons. The Bertz CT molecular complexity index is 600. The van der Waals surface area contributed by atoms with E-state index in [1.165, 1.54) is 0 Å². The Morgan fingerprint density at radius 2 is 1.81 bits per heavy atom. The number of methoxy groups -OCH3 is 1. The third-order valence-electron chi connectivity index (χ3n) is 4.12. The van der Waals surface area contributed by atoms with Gasteiger partial charge >= 0.3 is 12.1 Å². The van der Waals surface area contributed by atoms with Crippen LogP contribution in [0.2, 0.25) is 0 Å². The lowest BCUT2D eigenvalue weighted by atomic mass is 9.89. The van der Waals surface area contributed by atoms with E-state index in [2.05, 4.69) is 10.8 Å². The van der Waals surface area contributed by atoms with E-state index in [-0.39, 0.29) is 18.2 Å². The Morgan fingerprint density at radius 1 is 1.12 bits per heavy atom. The lowest BCUT2D eigenvalue weighted by Crippen LogP contribution is -2.52. The molecule has 1 amide bonds. The molecule has 0 spiro atoms. The summed E-state index contributed by atoms with van der Waals surface area (Å²) in [6.07, 6.45) is 1.40. The molecule has 144 valence electrons. The molecule has 7 heteroatoms. The number of benzene rings is 1. The SMILES string of the molecule is CO[C@H]1C[C@@H](NOC(=O)c2ccccc2)CC[C@@H]1NC(=O)OC(C)(C)C. The fourth-order valence-electron chi connectivity index (χ4n) is 2.89. The van der Waals surface area contributed by atoms with E-state index in [1.807, 2.05) is 26.8 Å². The standard InChI is InChI=1S/C19H28N2O5/c1-19(2,3)25-18(23)20-15-11-10-14(12-16(15)24-4)21-26-17(22)13-8-6-5-7-9-13/h5-9,14-16,21H,10-12H2,1-4H3,(H,20,23)/t14-,15-,16-/m0/s1. The van der Waals surface area contributed by atoms with Crippen LogP contribution < -0.4 is 10.8 Å². The molecule has 7 nitrogen and oxygen atoms in total. The van der Waals surface area contributed by atoms with Crippen LogP contribution in [-0.2, 0) is 14.3 Å². The molecule has 1 aliphatic rings. The van der Waals surface area contributed by atoms with Gasteiger partial charge in [0.2, 0.25) is 0 Å². The lowest BCUT2D eigenvalue weighted by molar-refractivity contribution is -0.0191. The fraction of sp³-hybridized carbons (Fsp3) is 0.579. The zero-order valence-corrected chi connectivity index (χ0v) is 15.8. The minimum Gasteiger partial charge on any atom is -0.444 e. The van der Waals surface area contributed by atoms with Gasteiger partial charge < -0.3 is 19.6 Å². The minimum atomic E-state index is -0.545. The van der Waals surface area contributed by atoms with Gasteiger partial charge in [-0.1, -0.05) is 18.2 Å². The van der Waals surface area contributed by atoms with Crippen LogP contribution in [-0.4, -0.2) is 43.0 Å². The Hall–Kier alpha value is -2.12. The quantitative estimate of drug-likeness (QED) is 0.782. The van der Waals surface area contributed by atoms with Crippen LogP contribution in [0.15, 0.2) is 30.3 Å². The number of hydrogen-bond acceptors (Lipinski definition) is 6. The van der Waals surface area contributed by atoms with Crippen molar-refractivity contribution < 1.29 is 23.9 Å². The van der Waals surface area contributed by atoms with E-state index in [0.29, 0.717) is 18.4 Å². The van der Waals surface area contributed by atoms with Crippen molar-refractivity contribution in [3.63, 3.8) is 0 Å². The molecule has 1 fully saturated rings. The normalized spacial score (nSPS) is 23.2. The zero-order valence-electron chi connectivity index (χ0n) is 15.8. The fourth-order valence-corrected chi connectivity index (χ4v) is 2.89. The number of nitrogens with one attached hydrogen (secondary N) is 2. The number of rotatable bonds is 5. The summed E-state index contributed by atoms with van der Waals surface area (Å²) in [6.45, 7) is 5.47. The van der Waals surface area contributed by atoms with Gasteiger partial charge in [0.1, 0.15) is 5.60 Å². The third kappa shape index (κ3) is 6.31. The number of alkyl carbamates (subject to hydrolysis) is 1. The largest absolute Gasteiger partial charge is 0.444 e. The van der Waals surface area contributed by atoms with Gasteiger partial charge in [-0.15, -0.1) is 5.48 Å². The van der Waals surface area contributed by atoms with Crippen LogP contribution in [0.5, 0.6) is 0 Å². The average molecular weight is 364 g/mol. The molecule has 1 aromatic rings. The van der Waals surface area contributed by atoms with E-state index in [1.54, 1.807) is 31.4 Å². The summed E-state index contributed by atoms with van der Waals surface area (Å²) in [7, 11) is 1.60. The molecule has 1 aliphatic carbocycles. The molecule has 0 unspecified atom stereocenters. The van der Waals surface area contributed by atoms with Crippen LogP contribution in [0, 0.1) is 0 Å². The van der Waals surface area contributed by atoms with E-state index < -0.39 is 17.7 Å². The van der Waals surface area contributed by atoms with Crippen molar-refractivity contribution in [2.45, 2.75) is 63.8 Å². The van der Waals surface area contributed by atoms with Crippen molar-refractivity contribution in [2.24, 2.45) is 0 Å². The number of hydrogen-bond donors (Lipinski definition) is 2. The number of amides is 1. The minimum absolute atomic E-state index is 0.0377. The summed E-state index contributed by atoms with van der Waals surface area (Å²) in [4.78, 5) is 29.1. The predicted molar refractivity (Wildman–Crippen MR) is 96.6 cm³/mol. The van der Waals surface area contributed by atoms with Gasteiger partial charge in [-0.2, -0.15) is 0 Å². The first-order valence-corrected chi connectivity index (χ1v) is 8.82. The van der Waals surface area contributed by atoms with Crippen LogP contribution in [0.3, 0.4) is 0 Å². The first kappa shape index (κ1) is 20.2. The monoisotopic (exact) mass is 364 g/mol. The Kier molecular flexibility index (Phi) is 6.99. The molecule has 0 bridgehead atoms. The van der Waals surface area contributed by atoms with Gasteiger partial charge in [-0.05, 0) is 52.2 Å². The molecule has 0 heterocycles. The maximum Gasteiger partial charge on any atom is 0.407 e. The van der Waals surface area contributed by atoms with Crippen LogP contribution in [0.4, 0.5) is 4.79 Å². The molecule has 1 saturated carbocycles. The molecular weight excluding hydrogens is 336 g/mol. The summed E-state index contributed by atoms with van der Waals surface area (Å²) in [5.74, 6) is -0.423. The smallest absolute Gasteiger partial charge is 0.407 e. The molecule has 2 rings (SSSR count). The number of carbonyl (C=O) groups excluding carboxylic acids is 2. The Balaban J connectivity index is 1.81. The van der Waals surface area contributed by atoms with Gasteiger partial charge in [0.25, 0.3) is 0 Å². The van der Waals surface area contributed by atoms with E-state index in [9.17, 15) is 9.59 Å². The highest BCUT2D eigenvalue weighted by molar-refractivity contribution is 5.89. The molecular formula is C19H28N2O5. The second-order valence-electron chi connectivity index (χ2n) is 7.41. The first-order chi connectivity index (χ1) is 12.3. The van der Waals surface area contributed by atoms with E-state index in [4.69, 9.17) is 14.3 Å². The van der Waals surface area contributed by atoms with Crippen molar-refractivity contribution >= 4 is 12.1 Å². The highest BCUT2D eigenvalue weighted by Crippen LogP contribution is 2.22. The molecule has 1 aromatic carbocycles. The second-order valence-corrected chi connectivity index (χ2v) is 7.41. The molecule has 0 aromatic heterocycles. The topological polar surface area (TPSA) is 85.9 Å². The van der Waals surface area contributed by atoms with Gasteiger partial charge in [0.15, 0.2) is 0 Å². The Labute approximate surface area is 154 Å². The summed E-state index contributed by atoms with van der Waals surface area (Å²) < 4.78 is 10.8. The maximum atomic E-state index is 12.0. The Morgan fingerprint density at radius 3 is 2.42 bits per heavy atom. The molecule has 0 aliphatic heterocycles. The van der Waals surface area contributed by atoms with Gasteiger partial charge in [0.05, 0.1) is 17.7 Å². The van der Waals surface area contributed by atoms with E-state index >= 15 is 0 Å². The average Bonchev–Trinajstić information content (AvgIpc) is 2.59. The number of hydroxylamine groups is 1. The molecule has 0 saturated heterocycles. The summed E-state index contributed by atoms with van der Waals surface area (Å²) >= 11 is 0. The van der Waals surface area contributed by atoms with Crippen molar-refractivity contribution in [1.29, 1.82) is 0 Å². The van der Waals surface area contributed by atoms with Crippen LogP contribution >= 0.6 is 0 Å². The highest BCUT2D eigenvalue weighted by atomic mass is 16.7. The lowest BCUT2D eigenvalue weighted by Gasteiger charge is -2.35. The summed E-state index contributed by atoms with van der Waals surface area (Å²) in [5.41, 5.74) is 2.77. The number of carbonyl (C=O) groups is 2. The van der Waals surface area contributed by atoms with Gasteiger partial charge in [0, 0.05) is 13.2 Å². The van der Waals surface area contributed by atoms with Gasteiger partial charge in [-0.3, -0.25) is 0 Å². The molecule has 2 N–H and O–H groups in total. The predicted octanol–water partition coefficient (Wildman–Crippen LogP) is 2.81. The maximum absolute atomic E-state index is 12.0.